The zero-order valence-electron chi connectivity index (χ0n) is 14.2. The number of ether oxygens (including phenoxy) is 2. The van der Waals surface area contributed by atoms with Crippen molar-refractivity contribution in [1.29, 1.82) is 0 Å². The van der Waals surface area contributed by atoms with E-state index < -0.39 is 0 Å². The normalized spacial score (nSPS) is 15.0. The predicted octanol–water partition coefficient (Wildman–Crippen LogP) is 2.33. The van der Waals surface area contributed by atoms with Crippen molar-refractivity contribution in [3.63, 3.8) is 0 Å². The van der Waals surface area contributed by atoms with Crippen molar-refractivity contribution < 1.29 is 19.1 Å². The van der Waals surface area contributed by atoms with Crippen molar-refractivity contribution >= 4 is 35.1 Å². The average molecular weight is 389 g/mol. The van der Waals surface area contributed by atoms with Crippen LogP contribution in [0.3, 0.4) is 0 Å². The van der Waals surface area contributed by atoms with Crippen molar-refractivity contribution in [3.05, 3.63) is 33.8 Å². The molecule has 0 saturated carbocycles. The van der Waals surface area contributed by atoms with Gasteiger partial charge >= 0.3 is 5.97 Å². The van der Waals surface area contributed by atoms with Crippen LogP contribution in [0.25, 0.3) is 0 Å². The van der Waals surface area contributed by atoms with Gasteiger partial charge in [-0.2, -0.15) is 0 Å². The van der Waals surface area contributed by atoms with Crippen molar-refractivity contribution in [2.45, 2.75) is 6.42 Å². The van der Waals surface area contributed by atoms with Crippen LogP contribution in [0.5, 0.6) is 0 Å². The van der Waals surface area contributed by atoms with Crippen molar-refractivity contribution in [2.75, 3.05) is 53.0 Å². The van der Waals surface area contributed by atoms with Crippen LogP contribution in [0.1, 0.15) is 16.8 Å². The molecular formula is C17H22Cl2N2O4. The van der Waals surface area contributed by atoms with Gasteiger partial charge in [0.05, 0.1) is 36.8 Å². The molecule has 8 heteroatoms. The fraction of sp³-hybridized carbons (Fsp3) is 0.529. The Bertz CT molecular complexity index is 606. The summed E-state index contributed by atoms with van der Waals surface area (Å²) in [5, 5.41) is 0.723. The number of methoxy groups -OCH3 is 1. The molecular weight excluding hydrogens is 367 g/mol. The zero-order valence-corrected chi connectivity index (χ0v) is 15.7. The molecule has 0 unspecified atom stereocenters. The summed E-state index contributed by atoms with van der Waals surface area (Å²) < 4.78 is 10.0. The van der Waals surface area contributed by atoms with E-state index in [1.807, 2.05) is 0 Å². The Hall–Kier alpha value is -1.34. The van der Waals surface area contributed by atoms with Gasteiger partial charge in [0.15, 0.2) is 0 Å². The fourth-order valence-corrected chi connectivity index (χ4v) is 2.84. The Morgan fingerprint density at radius 3 is 2.56 bits per heavy atom. The second-order valence-corrected chi connectivity index (χ2v) is 6.52. The van der Waals surface area contributed by atoms with Crippen LogP contribution in [-0.2, 0) is 14.3 Å². The Labute approximate surface area is 157 Å². The SMILES string of the molecule is COC(=O)CCN(CCN1CCOCC1)C(=O)c1ccc(Cl)c(Cl)c1. The molecule has 6 nitrogen and oxygen atoms in total. The fourth-order valence-electron chi connectivity index (χ4n) is 2.54. The first-order valence-electron chi connectivity index (χ1n) is 8.12. The lowest BCUT2D eigenvalue weighted by atomic mass is 10.2. The summed E-state index contributed by atoms with van der Waals surface area (Å²) in [5.74, 6) is -0.533. The molecule has 1 heterocycles. The molecule has 1 amide bonds. The number of hydrogen-bond acceptors (Lipinski definition) is 5. The van der Waals surface area contributed by atoms with Gasteiger partial charge in [0.25, 0.3) is 5.91 Å². The van der Waals surface area contributed by atoms with E-state index in [-0.39, 0.29) is 24.8 Å². The lowest BCUT2D eigenvalue weighted by Gasteiger charge is -2.30. The molecule has 2 rings (SSSR count). The van der Waals surface area contributed by atoms with Crippen LogP contribution in [0.4, 0.5) is 0 Å². The van der Waals surface area contributed by atoms with Gasteiger partial charge in [0.2, 0.25) is 0 Å². The Kier molecular flexibility index (Phi) is 7.96. The predicted molar refractivity (Wildman–Crippen MR) is 96.3 cm³/mol. The quantitative estimate of drug-likeness (QED) is 0.670. The van der Waals surface area contributed by atoms with Crippen molar-refractivity contribution in [3.8, 4) is 0 Å². The average Bonchev–Trinajstić information content (AvgIpc) is 2.64. The summed E-state index contributed by atoms with van der Waals surface area (Å²) in [6.07, 6.45) is 0.146. The second-order valence-electron chi connectivity index (χ2n) is 5.70. The molecule has 0 atom stereocenters. The molecule has 1 aliphatic rings. The van der Waals surface area contributed by atoms with Gasteiger partial charge in [0, 0.05) is 38.3 Å². The first-order valence-corrected chi connectivity index (χ1v) is 8.88. The van der Waals surface area contributed by atoms with E-state index in [4.69, 9.17) is 27.9 Å². The summed E-state index contributed by atoms with van der Waals surface area (Å²) >= 11 is 11.9. The summed E-state index contributed by atoms with van der Waals surface area (Å²) in [6.45, 7) is 4.59. The van der Waals surface area contributed by atoms with Crippen LogP contribution in [0.2, 0.25) is 10.0 Å². The minimum atomic E-state index is -0.349. The molecule has 0 bridgehead atoms. The van der Waals surface area contributed by atoms with E-state index in [0.717, 1.165) is 19.6 Å². The van der Waals surface area contributed by atoms with Crippen LogP contribution in [0, 0.1) is 0 Å². The topological polar surface area (TPSA) is 59.1 Å². The molecule has 0 radical (unpaired) electrons. The molecule has 0 N–H and O–H groups in total. The monoisotopic (exact) mass is 388 g/mol. The zero-order chi connectivity index (χ0) is 18.2. The number of carbonyl (C=O) groups excluding carboxylic acids is 2. The third-order valence-electron chi connectivity index (χ3n) is 4.06. The number of halogens is 2. The van der Waals surface area contributed by atoms with E-state index >= 15 is 0 Å². The Morgan fingerprint density at radius 2 is 1.92 bits per heavy atom. The molecule has 1 aromatic rings. The maximum atomic E-state index is 12.8. The minimum absolute atomic E-state index is 0.146. The van der Waals surface area contributed by atoms with E-state index in [1.165, 1.54) is 7.11 Å². The molecule has 1 fully saturated rings. The highest BCUT2D eigenvalue weighted by Gasteiger charge is 2.20. The van der Waals surface area contributed by atoms with E-state index in [9.17, 15) is 9.59 Å². The van der Waals surface area contributed by atoms with Gasteiger partial charge in [0.1, 0.15) is 0 Å². The third kappa shape index (κ3) is 6.15. The van der Waals surface area contributed by atoms with E-state index in [1.54, 1.807) is 23.1 Å². The van der Waals surface area contributed by atoms with Crippen LogP contribution >= 0.6 is 23.2 Å². The van der Waals surface area contributed by atoms with Gasteiger partial charge in [-0.15, -0.1) is 0 Å². The largest absolute Gasteiger partial charge is 0.469 e. The molecule has 138 valence electrons. The van der Waals surface area contributed by atoms with Crippen LogP contribution in [0.15, 0.2) is 18.2 Å². The number of carbonyl (C=O) groups is 2. The summed E-state index contributed by atoms with van der Waals surface area (Å²) in [4.78, 5) is 28.1. The standard InChI is InChI=1S/C17H22Cl2N2O4/c1-24-16(22)4-5-21(7-6-20-8-10-25-11-9-20)17(23)13-2-3-14(18)15(19)12-13/h2-3,12H,4-11H2,1H3. The third-order valence-corrected chi connectivity index (χ3v) is 4.80. The number of morpholine rings is 1. The molecule has 25 heavy (non-hydrogen) atoms. The maximum absolute atomic E-state index is 12.8. The number of amides is 1. The molecule has 1 saturated heterocycles. The second kappa shape index (κ2) is 9.97. The van der Waals surface area contributed by atoms with Crippen molar-refractivity contribution in [2.24, 2.45) is 0 Å². The number of rotatable bonds is 7. The van der Waals surface area contributed by atoms with E-state index in [0.29, 0.717) is 35.4 Å². The Morgan fingerprint density at radius 1 is 1.20 bits per heavy atom. The highest BCUT2D eigenvalue weighted by Crippen LogP contribution is 2.23. The van der Waals surface area contributed by atoms with Crippen LogP contribution < -0.4 is 0 Å². The first-order chi connectivity index (χ1) is 12.0. The van der Waals surface area contributed by atoms with E-state index in [2.05, 4.69) is 9.64 Å². The summed E-state index contributed by atoms with van der Waals surface area (Å²) in [6, 6.07) is 4.78. The van der Waals surface area contributed by atoms with Gasteiger partial charge in [-0.25, -0.2) is 0 Å². The van der Waals surface area contributed by atoms with Gasteiger partial charge in [-0.3, -0.25) is 14.5 Å². The summed E-state index contributed by atoms with van der Waals surface area (Å²) in [5.41, 5.74) is 0.446. The van der Waals surface area contributed by atoms with Crippen molar-refractivity contribution in [1.82, 2.24) is 9.80 Å². The maximum Gasteiger partial charge on any atom is 0.307 e. The smallest absolute Gasteiger partial charge is 0.307 e. The number of esters is 1. The lowest BCUT2D eigenvalue weighted by Crippen LogP contribution is -2.43. The summed E-state index contributed by atoms with van der Waals surface area (Å²) in [7, 11) is 1.33. The molecule has 0 spiro atoms. The van der Waals surface area contributed by atoms with Crippen LogP contribution in [-0.4, -0.2) is 74.7 Å². The van der Waals surface area contributed by atoms with Gasteiger partial charge in [-0.1, -0.05) is 23.2 Å². The number of hydrogen-bond donors (Lipinski definition) is 0. The number of nitrogens with zero attached hydrogens (tertiary/aromatic N) is 2. The van der Waals surface area contributed by atoms with Gasteiger partial charge < -0.3 is 14.4 Å². The number of benzene rings is 1. The highest BCUT2D eigenvalue weighted by atomic mass is 35.5. The minimum Gasteiger partial charge on any atom is -0.469 e. The molecule has 0 aromatic heterocycles. The Balaban J connectivity index is 2.04. The first kappa shape index (κ1) is 20.0. The lowest BCUT2D eigenvalue weighted by molar-refractivity contribution is -0.140. The van der Waals surface area contributed by atoms with Gasteiger partial charge in [-0.05, 0) is 18.2 Å². The molecule has 1 aromatic carbocycles. The molecule has 1 aliphatic heterocycles. The molecule has 0 aliphatic carbocycles. The highest BCUT2D eigenvalue weighted by molar-refractivity contribution is 6.42.